The Morgan fingerprint density at radius 2 is 1.06 bits per heavy atom. The van der Waals surface area contributed by atoms with Crippen molar-refractivity contribution in [3.63, 3.8) is 0 Å². The van der Waals surface area contributed by atoms with Crippen LogP contribution in [0.1, 0.15) is 64.9 Å². The van der Waals surface area contributed by atoms with E-state index < -0.39 is 38.2 Å². The van der Waals surface area contributed by atoms with Crippen molar-refractivity contribution < 1.29 is 37.8 Å². The van der Waals surface area contributed by atoms with Gasteiger partial charge in [0.05, 0.1) is 61.9 Å². The standard InChI is InChI=1S/C14H8N4O.C14H11N.C11H6BrNO2.C9H6BN3O3.C8H4BrIO.C8H6IN.C6H7BO2.C5H4IN.3C4H9.C3H2NO.Sn/c15-7-9-5-10(11-3-1-2-4-16-11)13-12(6-9)17-8-18-14(13)19;1-2-6-11(7-3-1)13-10-15-14-9-5-4-8-12(13)14;12-7-1-2-11-8(3-7)9(4-15-11)10-5-14-6-13-10;1-11-5-2-6(10(15)16)8-7(3-5)12-4-13-9(8)14;9-5-1-2-8-6(3-5)7(10)4-11-8;9-7-5-10-8-4-2-1-3-6(7)8;8-7(9)6-4-2-1-3-5-6;6-5-3-1-2-4-7-5;3*1-3-4-2;1-2-5-3-4-1;/h1-6,8H,(H,17,18,19);1-10,15H;1-6H;2-4,15-16H,(H,12,13,14);1-4H;1-5,10H;1-5,8-9H;1-4H;3*1,3-4H2,2H3;2-3H;. The largest absolute Gasteiger partial charge is 0.488 e. The number of furan rings is 2. The second-order valence-electron chi connectivity index (χ2n) is 26.7. The zero-order valence-electron chi connectivity index (χ0n) is 65.3. The number of oxazole rings is 2. The number of rotatable bonds is 15. The van der Waals surface area contributed by atoms with Crippen LogP contribution in [-0.4, -0.2) is 103 Å². The van der Waals surface area contributed by atoms with E-state index in [2.05, 4.69) is 254 Å². The predicted molar refractivity (Wildman–Crippen MR) is 514 cm³/mol. The van der Waals surface area contributed by atoms with Crippen LogP contribution in [-0.2, 0) is 0 Å². The van der Waals surface area contributed by atoms with Crippen LogP contribution in [0.5, 0.6) is 0 Å². The van der Waals surface area contributed by atoms with E-state index in [1.165, 1.54) is 129 Å². The van der Waals surface area contributed by atoms with E-state index >= 15 is 0 Å². The van der Waals surface area contributed by atoms with Crippen molar-refractivity contribution in [3.05, 3.63) is 339 Å². The molecule has 0 radical (unpaired) electrons. The van der Waals surface area contributed by atoms with Gasteiger partial charge < -0.3 is 53.3 Å². The molecular weight excluding hydrogens is 2090 g/mol. The molecule has 10 heterocycles. The number of para-hydroxylation sites is 2. The van der Waals surface area contributed by atoms with Crippen LogP contribution in [0.2, 0.25) is 13.3 Å². The fourth-order valence-electron chi connectivity index (χ4n) is 12.7. The van der Waals surface area contributed by atoms with Gasteiger partial charge in [-0.3, -0.25) is 19.6 Å². The third-order valence-corrected chi connectivity index (χ3v) is 37.0. The number of unbranched alkanes of at least 4 members (excludes halogenated alkanes) is 3. The minimum Gasteiger partial charge on any atom is -0.423 e. The number of pyridine rings is 2. The zero-order chi connectivity index (χ0) is 85.2. The van der Waals surface area contributed by atoms with Gasteiger partial charge in [0.2, 0.25) is 0 Å². The van der Waals surface area contributed by atoms with E-state index in [-0.39, 0.29) is 27.6 Å². The smallest absolute Gasteiger partial charge is 0.423 e. The van der Waals surface area contributed by atoms with Gasteiger partial charge in [-0.05, 0) is 175 Å². The fourth-order valence-corrected chi connectivity index (χ4v) is 30.0. The Labute approximate surface area is 754 Å². The van der Waals surface area contributed by atoms with Crippen LogP contribution in [0.4, 0.5) is 5.69 Å². The summed E-state index contributed by atoms with van der Waals surface area (Å²) in [6.45, 7) is 13.8. The van der Waals surface area contributed by atoms with Crippen molar-refractivity contribution in [2.45, 2.75) is 72.6 Å². The monoisotopic (exact) mass is 2170 g/mol. The first-order valence-corrected chi connectivity index (χ1v) is 50.3. The summed E-state index contributed by atoms with van der Waals surface area (Å²) in [6.07, 6.45) is 28.2. The molecule has 0 bridgehead atoms. The van der Waals surface area contributed by atoms with Crippen LogP contribution in [0, 0.1) is 28.7 Å². The Balaban J connectivity index is 0.000000144. The molecule has 0 aliphatic carbocycles. The summed E-state index contributed by atoms with van der Waals surface area (Å²) >= 11 is 11.3. The summed E-state index contributed by atoms with van der Waals surface area (Å²) in [7, 11) is -3.15. The summed E-state index contributed by atoms with van der Waals surface area (Å²) < 4.78 is 32.3. The first-order valence-electron chi connectivity index (χ1n) is 38.0. The summed E-state index contributed by atoms with van der Waals surface area (Å²) in [5.41, 5.74) is 10.9. The number of aromatic amines is 4. The number of hydrogen-bond donors (Lipinski definition) is 8. The van der Waals surface area contributed by atoms with Gasteiger partial charge in [0.15, 0.2) is 12.1 Å². The molecule has 10 aromatic heterocycles. The average molecular weight is 2170 g/mol. The topological polar surface area (TPSA) is 336 Å². The summed E-state index contributed by atoms with van der Waals surface area (Å²) in [5.74, 6) is 0. The molecule has 8 aromatic carbocycles. The van der Waals surface area contributed by atoms with Gasteiger partial charge >= 0.3 is 131 Å². The molecule has 18 rings (SSSR count). The Morgan fingerprint density at radius 1 is 0.500 bits per heavy atom. The third kappa shape index (κ3) is 26.2. The Morgan fingerprint density at radius 3 is 1.61 bits per heavy atom. The summed E-state index contributed by atoms with van der Waals surface area (Å²) in [5, 5.41) is 49.8. The Hall–Kier alpha value is -10.2. The molecule has 0 aliphatic heterocycles. The van der Waals surface area contributed by atoms with E-state index in [1.807, 2.05) is 91.3 Å². The molecule has 606 valence electrons. The van der Waals surface area contributed by atoms with Crippen molar-refractivity contribution in [3.8, 4) is 39.7 Å². The summed E-state index contributed by atoms with van der Waals surface area (Å²) in [4.78, 5) is 62.8. The van der Waals surface area contributed by atoms with Crippen molar-refractivity contribution in [1.82, 2.24) is 49.8 Å². The second-order valence-corrected chi connectivity index (χ2v) is 45.0. The van der Waals surface area contributed by atoms with Crippen molar-refractivity contribution in [1.29, 1.82) is 5.26 Å². The molecule has 0 saturated carbocycles. The molecule has 0 aliphatic rings. The van der Waals surface area contributed by atoms with Gasteiger partial charge in [-0.15, -0.1) is 0 Å². The third-order valence-electron chi connectivity index (χ3n) is 18.7. The molecule has 0 amide bonds. The first-order chi connectivity index (χ1) is 58.3. The van der Waals surface area contributed by atoms with E-state index in [9.17, 15) is 9.59 Å². The maximum Gasteiger partial charge on any atom is 0.488 e. The van der Waals surface area contributed by atoms with Gasteiger partial charge in [-0.1, -0.05) is 147 Å². The molecule has 22 nitrogen and oxygen atoms in total. The minimum absolute atomic E-state index is 0.0159. The Kier molecular flexibility index (Phi) is 36.6. The number of halogens is 5. The molecule has 120 heavy (non-hydrogen) atoms. The Bertz CT molecular complexity index is 6400. The van der Waals surface area contributed by atoms with E-state index in [4.69, 9.17) is 49.6 Å². The van der Waals surface area contributed by atoms with Gasteiger partial charge in [0.25, 0.3) is 11.1 Å². The normalized spacial score (nSPS) is 10.5. The second kappa shape index (κ2) is 47.7. The van der Waals surface area contributed by atoms with Crippen molar-refractivity contribution >= 4 is 218 Å². The van der Waals surface area contributed by atoms with E-state index in [1.54, 1.807) is 86.1 Å². The van der Waals surface area contributed by atoms with Gasteiger partial charge in [-0.25, -0.2) is 19.8 Å². The van der Waals surface area contributed by atoms with Crippen LogP contribution in [0.3, 0.4) is 0 Å². The summed E-state index contributed by atoms with van der Waals surface area (Å²) in [6, 6.07) is 66.9. The molecule has 0 saturated heterocycles. The van der Waals surface area contributed by atoms with Gasteiger partial charge in [-0.2, -0.15) is 5.26 Å². The number of aromatic nitrogens is 10. The van der Waals surface area contributed by atoms with Crippen molar-refractivity contribution in [2.24, 2.45) is 0 Å². The predicted octanol–water partition coefficient (Wildman–Crippen LogP) is 21.1. The minimum atomic E-state index is -2.24. The maximum atomic E-state index is 12.0. The van der Waals surface area contributed by atoms with E-state index in [0.29, 0.717) is 33.2 Å². The number of nitrogens with one attached hydrogen (secondary N) is 4. The molecule has 0 atom stereocenters. The molecule has 30 heteroatoms. The molecule has 0 spiro atoms. The quantitative estimate of drug-likeness (QED) is 0.0205. The molecule has 8 N–H and O–H groups in total. The van der Waals surface area contributed by atoms with Gasteiger partial charge in [0.1, 0.15) is 39.4 Å². The maximum absolute atomic E-state index is 12.0. The zero-order valence-corrected chi connectivity index (χ0v) is 77.8. The van der Waals surface area contributed by atoms with Crippen molar-refractivity contribution in [2.75, 3.05) is 0 Å². The molecule has 0 fully saturated rings. The first kappa shape index (κ1) is 92.1. The average Bonchev–Trinajstić information content (AvgIpc) is 1.32. The molecule has 18 aromatic rings. The number of benzene rings is 8. The van der Waals surface area contributed by atoms with Crippen LogP contribution < -0.4 is 25.8 Å². The SMILES string of the molecule is Brc1ccc2occ(-c3cocn3)c2c1.Brc1ccc2occ(I)c2c1.CCC[CH2][Sn]([CH2]CCC)([CH2]CCC)[c]1cocn1.Ic1c[nH]c2ccccc12.Ic1ccccn1.N#Cc1cc(-c2ccccn2)c2c(=O)[nH]cnc2c1.OB(O)c1ccccc1.[C-]#[N+]c1cc(B(O)O)c2c(=O)[nH]cnc2c1.c1ccc(-c2c[nH]c3ccccc23)cc1. The number of hydrogen-bond acceptors (Lipinski definition) is 17. The number of fused-ring (bicyclic) bond motifs is 6. The van der Waals surface area contributed by atoms with Gasteiger partial charge in [0, 0.05) is 86.6 Å². The fraction of sp³-hybridized carbons (Fsp3) is 0.133. The van der Waals surface area contributed by atoms with Crippen LogP contribution in [0.15, 0.2) is 318 Å². The molecular formula is C90H81B2Br2I3N12O10Sn. The van der Waals surface area contributed by atoms with Crippen LogP contribution >= 0.6 is 99.6 Å². The number of nitrogens with zero attached hydrogens (tertiary/aromatic N) is 8. The van der Waals surface area contributed by atoms with E-state index in [0.717, 1.165) is 44.0 Å². The molecule has 0 unspecified atom stereocenters. The van der Waals surface area contributed by atoms with Crippen LogP contribution in [0.25, 0.3) is 104 Å². The number of H-pyrrole nitrogens is 4. The number of nitriles is 1.